The van der Waals surface area contributed by atoms with Gasteiger partial charge in [-0.1, -0.05) is 29.8 Å². The standard InChI is InChI=1S/C18H20N2O4/c1-11-4-6-14(7-5-11)9-20-17(22)13(3)24-18(23)16-8-15(10-19-16)12(2)21/h4-8,10,13,19H,9H2,1-3H3,(H,20,22)/t13-/m1/s1. The molecule has 0 radical (unpaired) electrons. The number of nitrogens with one attached hydrogen (secondary N) is 2. The van der Waals surface area contributed by atoms with E-state index < -0.39 is 12.1 Å². The molecule has 1 atom stereocenters. The molecular formula is C18H20N2O4. The largest absolute Gasteiger partial charge is 0.448 e. The number of H-pyrrole nitrogens is 1. The molecule has 0 aliphatic rings. The lowest BCUT2D eigenvalue weighted by Crippen LogP contribution is -2.35. The van der Waals surface area contributed by atoms with Crippen LogP contribution in [-0.2, 0) is 16.1 Å². The molecule has 1 amide bonds. The fraction of sp³-hybridized carbons (Fsp3) is 0.278. The van der Waals surface area contributed by atoms with Crippen LogP contribution in [0.5, 0.6) is 0 Å². The summed E-state index contributed by atoms with van der Waals surface area (Å²) in [5.74, 6) is -1.23. The third-order valence-electron chi connectivity index (χ3n) is 3.55. The summed E-state index contributed by atoms with van der Waals surface area (Å²) in [6.07, 6.45) is 0.494. The highest BCUT2D eigenvalue weighted by Crippen LogP contribution is 2.08. The van der Waals surface area contributed by atoms with E-state index in [0.717, 1.165) is 11.1 Å². The van der Waals surface area contributed by atoms with Crippen molar-refractivity contribution in [3.63, 3.8) is 0 Å². The van der Waals surface area contributed by atoms with E-state index in [0.29, 0.717) is 12.1 Å². The number of hydrogen-bond acceptors (Lipinski definition) is 4. The van der Waals surface area contributed by atoms with Gasteiger partial charge in [0.2, 0.25) is 0 Å². The second-order valence-corrected chi connectivity index (χ2v) is 5.61. The molecule has 2 aromatic rings. The number of benzene rings is 1. The van der Waals surface area contributed by atoms with Gasteiger partial charge in [0.25, 0.3) is 5.91 Å². The minimum Gasteiger partial charge on any atom is -0.448 e. The van der Waals surface area contributed by atoms with E-state index >= 15 is 0 Å². The van der Waals surface area contributed by atoms with Crippen molar-refractivity contribution in [2.45, 2.75) is 33.4 Å². The minimum absolute atomic E-state index is 0.137. The van der Waals surface area contributed by atoms with E-state index in [1.807, 2.05) is 31.2 Å². The summed E-state index contributed by atoms with van der Waals surface area (Å²) >= 11 is 0. The fourth-order valence-corrected chi connectivity index (χ4v) is 2.03. The Balaban J connectivity index is 1.87. The summed E-state index contributed by atoms with van der Waals surface area (Å²) in [6, 6.07) is 9.18. The van der Waals surface area contributed by atoms with Gasteiger partial charge < -0.3 is 15.0 Å². The molecule has 0 spiro atoms. The van der Waals surface area contributed by atoms with Crippen LogP contribution >= 0.6 is 0 Å². The van der Waals surface area contributed by atoms with Crippen molar-refractivity contribution in [1.29, 1.82) is 0 Å². The van der Waals surface area contributed by atoms with E-state index in [1.165, 1.54) is 26.1 Å². The molecule has 1 heterocycles. The molecule has 2 N–H and O–H groups in total. The van der Waals surface area contributed by atoms with Gasteiger partial charge in [-0.05, 0) is 32.4 Å². The highest BCUT2D eigenvalue weighted by molar-refractivity contribution is 5.98. The second-order valence-electron chi connectivity index (χ2n) is 5.61. The first-order valence-electron chi connectivity index (χ1n) is 7.60. The Morgan fingerprint density at radius 1 is 1.21 bits per heavy atom. The maximum atomic E-state index is 12.0. The molecule has 6 nitrogen and oxygen atoms in total. The first-order chi connectivity index (χ1) is 11.4. The summed E-state index contributed by atoms with van der Waals surface area (Å²) in [4.78, 5) is 37.9. The predicted octanol–water partition coefficient (Wildman–Crippen LogP) is 2.39. The summed E-state index contributed by atoms with van der Waals surface area (Å²) in [6.45, 7) is 5.25. The molecule has 0 aliphatic carbocycles. The Morgan fingerprint density at radius 3 is 2.46 bits per heavy atom. The van der Waals surface area contributed by atoms with Crippen molar-refractivity contribution in [2.24, 2.45) is 0 Å². The first kappa shape index (κ1) is 17.5. The number of ketones is 1. The van der Waals surface area contributed by atoms with E-state index in [1.54, 1.807) is 0 Å². The van der Waals surface area contributed by atoms with Gasteiger partial charge in [-0.15, -0.1) is 0 Å². The van der Waals surface area contributed by atoms with Crippen LogP contribution in [0.15, 0.2) is 36.5 Å². The van der Waals surface area contributed by atoms with Gasteiger partial charge in [-0.2, -0.15) is 0 Å². The Kier molecular flexibility index (Phi) is 5.52. The number of esters is 1. The average molecular weight is 328 g/mol. The van der Waals surface area contributed by atoms with Gasteiger partial charge in [0.1, 0.15) is 5.69 Å². The number of aryl methyl sites for hydroxylation is 1. The fourth-order valence-electron chi connectivity index (χ4n) is 2.03. The summed E-state index contributed by atoms with van der Waals surface area (Å²) in [7, 11) is 0. The Hall–Kier alpha value is -2.89. The lowest BCUT2D eigenvalue weighted by Gasteiger charge is -2.13. The van der Waals surface area contributed by atoms with Crippen molar-refractivity contribution >= 4 is 17.7 Å². The van der Waals surface area contributed by atoms with Crippen LogP contribution in [0.4, 0.5) is 0 Å². The number of aromatic nitrogens is 1. The number of amides is 1. The average Bonchev–Trinajstić information content (AvgIpc) is 3.04. The second kappa shape index (κ2) is 7.59. The first-order valence-corrected chi connectivity index (χ1v) is 7.60. The molecule has 0 saturated carbocycles. The Labute approximate surface area is 140 Å². The summed E-state index contributed by atoms with van der Waals surface area (Å²) < 4.78 is 5.11. The number of rotatable bonds is 6. The highest BCUT2D eigenvalue weighted by atomic mass is 16.5. The number of Topliss-reactive ketones (excluding diaryl/α,β-unsaturated/α-hetero) is 1. The van der Waals surface area contributed by atoms with Crippen LogP contribution in [0.2, 0.25) is 0 Å². The molecular weight excluding hydrogens is 308 g/mol. The van der Waals surface area contributed by atoms with Gasteiger partial charge in [0, 0.05) is 18.3 Å². The van der Waals surface area contributed by atoms with Crippen LogP contribution in [0.25, 0.3) is 0 Å². The van der Waals surface area contributed by atoms with Crippen LogP contribution in [0, 0.1) is 6.92 Å². The molecule has 0 aliphatic heterocycles. The maximum Gasteiger partial charge on any atom is 0.355 e. The van der Waals surface area contributed by atoms with Gasteiger partial charge in [-0.25, -0.2) is 4.79 Å². The van der Waals surface area contributed by atoms with Crippen molar-refractivity contribution in [2.75, 3.05) is 0 Å². The van der Waals surface area contributed by atoms with Crippen LogP contribution < -0.4 is 5.32 Å². The third kappa shape index (κ3) is 4.55. The summed E-state index contributed by atoms with van der Waals surface area (Å²) in [5.41, 5.74) is 2.63. The number of ether oxygens (including phenoxy) is 1. The monoisotopic (exact) mass is 328 g/mol. The lowest BCUT2D eigenvalue weighted by molar-refractivity contribution is -0.129. The SMILES string of the molecule is CC(=O)c1c[nH]c(C(=O)O[C@H](C)C(=O)NCc2ccc(C)cc2)c1. The molecule has 0 bridgehead atoms. The zero-order valence-corrected chi connectivity index (χ0v) is 13.9. The molecule has 0 fully saturated rings. The smallest absolute Gasteiger partial charge is 0.355 e. The predicted molar refractivity (Wildman–Crippen MR) is 88.7 cm³/mol. The Morgan fingerprint density at radius 2 is 1.88 bits per heavy atom. The van der Waals surface area contributed by atoms with Crippen molar-refractivity contribution < 1.29 is 19.1 Å². The molecule has 0 saturated heterocycles. The van der Waals surface area contributed by atoms with E-state index in [-0.39, 0.29) is 17.4 Å². The molecule has 6 heteroatoms. The number of carbonyl (C=O) groups excluding carboxylic acids is 3. The van der Waals surface area contributed by atoms with Crippen molar-refractivity contribution in [3.8, 4) is 0 Å². The molecule has 0 unspecified atom stereocenters. The highest BCUT2D eigenvalue weighted by Gasteiger charge is 2.20. The minimum atomic E-state index is -0.938. The van der Waals surface area contributed by atoms with Crippen LogP contribution in [0.1, 0.15) is 45.8 Å². The zero-order chi connectivity index (χ0) is 17.7. The molecule has 1 aromatic carbocycles. The van der Waals surface area contributed by atoms with Gasteiger partial charge in [0.05, 0.1) is 0 Å². The van der Waals surface area contributed by atoms with Gasteiger partial charge in [0.15, 0.2) is 11.9 Å². The number of aromatic amines is 1. The van der Waals surface area contributed by atoms with Crippen molar-refractivity contribution in [3.05, 3.63) is 58.9 Å². The zero-order valence-electron chi connectivity index (χ0n) is 13.9. The van der Waals surface area contributed by atoms with Gasteiger partial charge >= 0.3 is 5.97 Å². The Bertz CT molecular complexity index is 747. The maximum absolute atomic E-state index is 12.0. The van der Waals surface area contributed by atoms with Crippen LogP contribution in [-0.4, -0.2) is 28.7 Å². The topological polar surface area (TPSA) is 88.3 Å². The van der Waals surface area contributed by atoms with Crippen LogP contribution in [0.3, 0.4) is 0 Å². The van der Waals surface area contributed by atoms with E-state index in [9.17, 15) is 14.4 Å². The van der Waals surface area contributed by atoms with E-state index in [2.05, 4.69) is 10.3 Å². The summed E-state index contributed by atoms with van der Waals surface area (Å²) in [5, 5.41) is 2.72. The number of hydrogen-bond donors (Lipinski definition) is 2. The number of carbonyl (C=O) groups is 3. The molecule has 2 rings (SSSR count). The molecule has 24 heavy (non-hydrogen) atoms. The van der Waals surface area contributed by atoms with E-state index in [4.69, 9.17) is 4.74 Å². The molecule has 1 aromatic heterocycles. The van der Waals surface area contributed by atoms with Gasteiger partial charge in [-0.3, -0.25) is 9.59 Å². The normalized spacial score (nSPS) is 11.6. The lowest BCUT2D eigenvalue weighted by atomic mass is 10.1. The van der Waals surface area contributed by atoms with Crippen molar-refractivity contribution in [1.82, 2.24) is 10.3 Å². The third-order valence-corrected chi connectivity index (χ3v) is 3.55. The quantitative estimate of drug-likeness (QED) is 0.629. The molecule has 126 valence electrons.